The van der Waals surface area contributed by atoms with Gasteiger partial charge in [-0.2, -0.15) is 0 Å². The van der Waals surface area contributed by atoms with Crippen LogP contribution in [0.3, 0.4) is 0 Å². The number of carbonyl (C=O) groups is 2. The number of methoxy groups -OCH3 is 1. The Hall–Kier alpha value is -3.68. The summed E-state index contributed by atoms with van der Waals surface area (Å²) in [4.78, 5) is 24.9. The van der Waals surface area contributed by atoms with Crippen molar-refractivity contribution in [3.63, 3.8) is 0 Å². The van der Waals surface area contributed by atoms with Gasteiger partial charge in [-0.25, -0.2) is 0 Å². The van der Waals surface area contributed by atoms with Crippen molar-refractivity contribution in [1.82, 2.24) is 5.32 Å². The second-order valence-corrected chi connectivity index (χ2v) is 9.58. The van der Waals surface area contributed by atoms with E-state index in [-0.39, 0.29) is 24.6 Å². The lowest BCUT2D eigenvalue weighted by Crippen LogP contribution is -2.28. The number of benzene rings is 3. The maximum atomic E-state index is 12.6. The van der Waals surface area contributed by atoms with E-state index in [0.29, 0.717) is 38.3 Å². The fourth-order valence-corrected chi connectivity index (χ4v) is 4.35. The average molecular weight is 548 g/mol. The molecule has 7 heteroatoms. The summed E-state index contributed by atoms with van der Waals surface area (Å²) < 4.78 is 21.4. The SMILES string of the molecule is CCCCC(Cc1ccc(OCCNC(=O)c2ccc(-c3cccc(COCOC)c3)cc2)cc1)C(=O)OCC. The first-order valence-corrected chi connectivity index (χ1v) is 14.0. The molecule has 3 aromatic rings. The Kier molecular flexibility index (Phi) is 13.2. The summed E-state index contributed by atoms with van der Waals surface area (Å²) in [7, 11) is 1.60. The van der Waals surface area contributed by atoms with E-state index in [2.05, 4.69) is 18.3 Å². The monoisotopic (exact) mass is 547 g/mol. The third-order valence-electron chi connectivity index (χ3n) is 6.47. The molecule has 0 aliphatic rings. The lowest BCUT2D eigenvalue weighted by atomic mass is 9.94. The van der Waals surface area contributed by atoms with Crippen LogP contribution in [0.5, 0.6) is 5.75 Å². The van der Waals surface area contributed by atoms with Crippen LogP contribution in [0.4, 0.5) is 0 Å². The van der Waals surface area contributed by atoms with E-state index in [0.717, 1.165) is 47.3 Å². The van der Waals surface area contributed by atoms with Crippen molar-refractivity contribution in [1.29, 1.82) is 0 Å². The summed E-state index contributed by atoms with van der Waals surface area (Å²) >= 11 is 0. The molecule has 3 aromatic carbocycles. The van der Waals surface area contributed by atoms with Crippen molar-refractivity contribution in [3.8, 4) is 16.9 Å². The fourth-order valence-electron chi connectivity index (χ4n) is 4.35. The van der Waals surface area contributed by atoms with Crippen LogP contribution in [0.1, 0.15) is 54.6 Å². The molecular formula is C33H41NO6. The van der Waals surface area contributed by atoms with Crippen LogP contribution in [-0.2, 0) is 32.0 Å². The number of unbranched alkanes of at least 4 members (excludes halogenated alkanes) is 1. The summed E-state index contributed by atoms with van der Waals surface area (Å²) in [6.07, 6.45) is 3.53. The van der Waals surface area contributed by atoms with Crippen LogP contribution in [-0.4, -0.2) is 45.5 Å². The summed E-state index contributed by atoms with van der Waals surface area (Å²) in [5, 5.41) is 2.90. The highest BCUT2D eigenvalue weighted by molar-refractivity contribution is 5.94. The van der Waals surface area contributed by atoms with E-state index in [1.165, 1.54) is 0 Å². The number of ether oxygens (including phenoxy) is 4. The van der Waals surface area contributed by atoms with Crippen LogP contribution in [0.2, 0.25) is 0 Å². The highest BCUT2D eigenvalue weighted by Gasteiger charge is 2.19. The van der Waals surface area contributed by atoms with E-state index in [4.69, 9.17) is 18.9 Å². The molecule has 0 bridgehead atoms. The van der Waals surface area contributed by atoms with Gasteiger partial charge in [0.1, 0.15) is 19.1 Å². The zero-order valence-electron chi connectivity index (χ0n) is 23.8. The molecule has 214 valence electrons. The molecule has 0 fully saturated rings. The first-order valence-electron chi connectivity index (χ1n) is 14.0. The molecule has 0 aliphatic carbocycles. The van der Waals surface area contributed by atoms with Crippen molar-refractivity contribution in [2.75, 3.05) is 33.7 Å². The first-order chi connectivity index (χ1) is 19.5. The Morgan fingerprint density at radius 2 is 1.68 bits per heavy atom. The number of carbonyl (C=O) groups excluding carboxylic acids is 2. The largest absolute Gasteiger partial charge is 0.492 e. The minimum absolute atomic E-state index is 0.123. The second kappa shape index (κ2) is 17.1. The van der Waals surface area contributed by atoms with Gasteiger partial charge in [-0.15, -0.1) is 0 Å². The fraction of sp³-hybridized carbons (Fsp3) is 0.394. The van der Waals surface area contributed by atoms with Crippen molar-refractivity contribution in [3.05, 3.63) is 89.5 Å². The smallest absolute Gasteiger partial charge is 0.309 e. The topological polar surface area (TPSA) is 83.1 Å². The Morgan fingerprint density at radius 1 is 0.900 bits per heavy atom. The van der Waals surface area contributed by atoms with Gasteiger partial charge in [-0.3, -0.25) is 9.59 Å². The molecule has 7 nitrogen and oxygen atoms in total. The quantitative estimate of drug-likeness (QED) is 0.123. The van der Waals surface area contributed by atoms with Gasteiger partial charge in [-0.05, 0) is 72.4 Å². The number of hydrogen-bond acceptors (Lipinski definition) is 6. The van der Waals surface area contributed by atoms with Crippen LogP contribution in [0, 0.1) is 5.92 Å². The molecule has 0 spiro atoms. The summed E-state index contributed by atoms with van der Waals surface area (Å²) in [5.41, 5.74) is 4.80. The summed E-state index contributed by atoms with van der Waals surface area (Å²) in [6, 6.07) is 23.4. The molecule has 0 saturated heterocycles. The first kappa shape index (κ1) is 30.9. The second-order valence-electron chi connectivity index (χ2n) is 9.58. The molecule has 1 atom stereocenters. The Bertz CT molecular complexity index is 1180. The van der Waals surface area contributed by atoms with Crippen LogP contribution in [0.15, 0.2) is 72.8 Å². The van der Waals surface area contributed by atoms with Crippen LogP contribution < -0.4 is 10.1 Å². The minimum Gasteiger partial charge on any atom is -0.492 e. The van der Waals surface area contributed by atoms with Gasteiger partial charge in [0.05, 0.1) is 25.7 Å². The minimum atomic E-state index is -0.149. The van der Waals surface area contributed by atoms with Crippen LogP contribution in [0.25, 0.3) is 11.1 Å². The van der Waals surface area contributed by atoms with Crippen LogP contribution >= 0.6 is 0 Å². The molecule has 1 N–H and O–H groups in total. The van der Waals surface area contributed by atoms with E-state index >= 15 is 0 Å². The predicted octanol–water partition coefficient (Wildman–Crippen LogP) is 6.19. The molecular weight excluding hydrogens is 506 g/mol. The van der Waals surface area contributed by atoms with Gasteiger partial charge >= 0.3 is 5.97 Å². The average Bonchev–Trinajstić information content (AvgIpc) is 2.98. The van der Waals surface area contributed by atoms with Crippen molar-refractivity contribution in [2.45, 2.75) is 46.1 Å². The zero-order valence-corrected chi connectivity index (χ0v) is 23.8. The van der Waals surface area contributed by atoms with Gasteiger partial charge in [0.25, 0.3) is 5.91 Å². The Morgan fingerprint density at radius 3 is 2.38 bits per heavy atom. The highest BCUT2D eigenvalue weighted by atomic mass is 16.7. The predicted molar refractivity (Wildman–Crippen MR) is 156 cm³/mol. The Balaban J connectivity index is 1.44. The molecule has 3 rings (SSSR count). The molecule has 0 radical (unpaired) electrons. The zero-order chi connectivity index (χ0) is 28.6. The lowest BCUT2D eigenvalue weighted by molar-refractivity contribution is -0.148. The van der Waals surface area contributed by atoms with E-state index < -0.39 is 0 Å². The molecule has 40 heavy (non-hydrogen) atoms. The van der Waals surface area contributed by atoms with Crippen molar-refractivity contribution >= 4 is 11.9 Å². The molecule has 0 saturated carbocycles. The number of rotatable bonds is 17. The molecule has 0 heterocycles. The van der Waals surface area contributed by atoms with E-state index in [9.17, 15) is 9.59 Å². The number of esters is 1. The maximum Gasteiger partial charge on any atom is 0.309 e. The normalized spacial score (nSPS) is 11.6. The summed E-state index contributed by atoms with van der Waals surface area (Å²) in [6.45, 7) is 5.82. The molecule has 0 aromatic heterocycles. The maximum absolute atomic E-state index is 12.6. The third-order valence-corrected chi connectivity index (χ3v) is 6.47. The molecule has 1 unspecified atom stereocenters. The Labute approximate surface area is 237 Å². The van der Waals surface area contributed by atoms with Gasteiger partial charge in [0.2, 0.25) is 0 Å². The number of amides is 1. The van der Waals surface area contributed by atoms with Crippen molar-refractivity contribution < 1.29 is 28.5 Å². The van der Waals surface area contributed by atoms with Gasteiger partial charge in [0.15, 0.2) is 0 Å². The van der Waals surface area contributed by atoms with Crippen molar-refractivity contribution in [2.24, 2.45) is 5.92 Å². The van der Waals surface area contributed by atoms with Gasteiger partial charge in [0, 0.05) is 12.7 Å². The van der Waals surface area contributed by atoms with E-state index in [1.807, 2.05) is 73.7 Å². The molecule has 1 amide bonds. The lowest BCUT2D eigenvalue weighted by Gasteiger charge is -2.15. The molecule has 0 aliphatic heterocycles. The summed E-state index contributed by atoms with van der Waals surface area (Å²) in [5.74, 6) is 0.323. The number of hydrogen-bond donors (Lipinski definition) is 1. The standard InChI is InChI=1S/C33H41NO6/c1-4-6-9-30(33(36)39-5-2)21-25-11-17-31(18-12-25)40-20-19-34-32(35)28-15-13-27(14-16-28)29-10-7-8-26(22-29)23-38-24-37-3/h7-8,10-18,22,30H,4-6,9,19-21,23-24H2,1-3H3,(H,34,35). The third kappa shape index (κ3) is 10.1. The van der Waals surface area contributed by atoms with E-state index in [1.54, 1.807) is 7.11 Å². The number of nitrogens with one attached hydrogen (secondary N) is 1. The van der Waals surface area contributed by atoms with Gasteiger partial charge in [-0.1, -0.05) is 62.2 Å². The highest BCUT2D eigenvalue weighted by Crippen LogP contribution is 2.22. The van der Waals surface area contributed by atoms with Gasteiger partial charge < -0.3 is 24.3 Å².